The molecule has 2 N–H and O–H groups in total. The highest BCUT2D eigenvalue weighted by atomic mass is 32.2. The molecule has 0 amide bonds. The predicted octanol–water partition coefficient (Wildman–Crippen LogP) is 0.970. The van der Waals surface area contributed by atoms with Gasteiger partial charge in [0.2, 0.25) is 5.03 Å². The molecule has 19 heavy (non-hydrogen) atoms. The van der Waals surface area contributed by atoms with Crippen molar-refractivity contribution in [1.82, 2.24) is 9.29 Å². The van der Waals surface area contributed by atoms with Gasteiger partial charge in [0.15, 0.2) is 5.82 Å². The largest absolute Gasteiger partial charge is 0.330 e. The molecule has 0 bridgehead atoms. The minimum absolute atomic E-state index is 0.406. The Balaban J connectivity index is 2.12. The molecule has 0 radical (unpaired) electrons. The highest BCUT2D eigenvalue weighted by molar-refractivity contribution is 7.89. The summed E-state index contributed by atoms with van der Waals surface area (Å²) in [6, 6.07) is 2.49. The normalized spacial score (nSPS) is 18.6. The summed E-state index contributed by atoms with van der Waals surface area (Å²) in [4.78, 5) is 3.66. The molecule has 7 heteroatoms. The summed E-state index contributed by atoms with van der Waals surface area (Å²) in [6.07, 6.45) is 3.73. The number of nitrogens with zero attached hydrogens (tertiary/aromatic N) is 2. The molecule has 106 valence electrons. The van der Waals surface area contributed by atoms with Gasteiger partial charge in [0, 0.05) is 19.3 Å². The molecule has 1 aliphatic rings. The Morgan fingerprint density at radius 1 is 1.42 bits per heavy atom. The van der Waals surface area contributed by atoms with Gasteiger partial charge in [-0.2, -0.15) is 4.31 Å². The lowest BCUT2D eigenvalue weighted by Gasteiger charge is -2.30. The van der Waals surface area contributed by atoms with E-state index in [9.17, 15) is 12.8 Å². The Bertz CT molecular complexity index is 528. The van der Waals surface area contributed by atoms with E-state index in [0.29, 0.717) is 25.6 Å². The highest BCUT2D eigenvalue weighted by Gasteiger charge is 2.31. The summed E-state index contributed by atoms with van der Waals surface area (Å²) in [7, 11) is -3.82. The molecular weight excluding hydrogens is 269 g/mol. The van der Waals surface area contributed by atoms with Crippen molar-refractivity contribution in [2.75, 3.05) is 19.6 Å². The average Bonchev–Trinajstić information content (AvgIpc) is 2.40. The second-order valence-electron chi connectivity index (χ2n) is 4.72. The van der Waals surface area contributed by atoms with E-state index in [1.54, 1.807) is 0 Å². The third kappa shape index (κ3) is 3.10. The summed E-state index contributed by atoms with van der Waals surface area (Å²) in [6.45, 7) is 1.43. The third-order valence-corrected chi connectivity index (χ3v) is 5.29. The maximum atomic E-state index is 13.6. The van der Waals surface area contributed by atoms with Gasteiger partial charge in [0.25, 0.3) is 10.0 Å². The van der Waals surface area contributed by atoms with Crippen LogP contribution in [0.25, 0.3) is 0 Å². The highest BCUT2D eigenvalue weighted by Crippen LogP contribution is 2.25. The van der Waals surface area contributed by atoms with E-state index in [-0.39, 0.29) is 0 Å². The van der Waals surface area contributed by atoms with E-state index < -0.39 is 20.9 Å². The lowest BCUT2D eigenvalue weighted by atomic mass is 9.95. The van der Waals surface area contributed by atoms with Crippen molar-refractivity contribution in [2.24, 2.45) is 11.7 Å². The zero-order chi connectivity index (χ0) is 13.9. The summed E-state index contributed by atoms with van der Waals surface area (Å²) < 4.78 is 39.4. The van der Waals surface area contributed by atoms with Crippen molar-refractivity contribution in [3.05, 3.63) is 24.1 Å². The Morgan fingerprint density at radius 2 is 2.11 bits per heavy atom. The first kappa shape index (κ1) is 14.4. The molecule has 0 aromatic carbocycles. The van der Waals surface area contributed by atoms with Gasteiger partial charge in [-0.1, -0.05) is 0 Å². The Kier molecular flexibility index (Phi) is 4.49. The van der Waals surface area contributed by atoms with Crippen LogP contribution in [-0.4, -0.2) is 37.3 Å². The fourth-order valence-electron chi connectivity index (χ4n) is 2.36. The lowest BCUT2D eigenvalue weighted by Crippen LogP contribution is -2.39. The second kappa shape index (κ2) is 5.94. The zero-order valence-electron chi connectivity index (χ0n) is 10.6. The van der Waals surface area contributed by atoms with Gasteiger partial charge in [-0.3, -0.25) is 0 Å². The van der Waals surface area contributed by atoms with Crippen molar-refractivity contribution < 1.29 is 12.8 Å². The van der Waals surface area contributed by atoms with Crippen LogP contribution >= 0.6 is 0 Å². The molecule has 0 unspecified atom stereocenters. The molecule has 0 atom stereocenters. The van der Waals surface area contributed by atoms with Crippen molar-refractivity contribution in [3.8, 4) is 0 Å². The number of halogens is 1. The molecule has 1 fully saturated rings. The monoisotopic (exact) mass is 287 g/mol. The molecule has 5 nitrogen and oxygen atoms in total. The van der Waals surface area contributed by atoms with Crippen molar-refractivity contribution in [2.45, 2.75) is 24.3 Å². The van der Waals surface area contributed by atoms with Crippen LogP contribution < -0.4 is 5.73 Å². The summed E-state index contributed by atoms with van der Waals surface area (Å²) in [5.41, 5.74) is 5.50. The quantitative estimate of drug-likeness (QED) is 0.895. The average molecular weight is 287 g/mol. The molecule has 1 aliphatic heterocycles. The summed E-state index contributed by atoms with van der Waals surface area (Å²) in [5, 5.41) is -0.479. The Hall–Kier alpha value is -1.05. The minimum Gasteiger partial charge on any atom is -0.330 e. The van der Waals surface area contributed by atoms with E-state index in [1.807, 2.05) is 0 Å². The zero-order valence-corrected chi connectivity index (χ0v) is 11.4. The van der Waals surface area contributed by atoms with Gasteiger partial charge in [0.1, 0.15) is 0 Å². The number of hydrogen-bond acceptors (Lipinski definition) is 4. The van der Waals surface area contributed by atoms with Gasteiger partial charge >= 0.3 is 0 Å². The number of sulfonamides is 1. The molecule has 1 saturated heterocycles. The van der Waals surface area contributed by atoms with Crippen LogP contribution in [0.3, 0.4) is 0 Å². The van der Waals surface area contributed by atoms with E-state index in [4.69, 9.17) is 5.73 Å². The van der Waals surface area contributed by atoms with Crippen LogP contribution in [0.5, 0.6) is 0 Å². The van der Waals surface area contributed by atoms with Crippen LogP contribution in [0, 0.1) is 11.7 Å². The van der Waals surface area contributed by atoms with Gasteiger partial charge in [-0.15, -0.1) is 0 Å². The summed E-state index contributed by atoms with van der Waals surface area (Å²) in [5.74, 6) is -0.336. The molecule has 0 spiro atoms. The summed E-state index contributed by atoms with van der Waals surface area (Å²) >= 11 is 0. The van der Waals surface area contributed by atoms with Crippen LogP contribution in [-0.2, 0) is 10.0 Å². The Labute approximate surface area is 112 Å². The standard InChI is InChI=1S/C12H18FN3O2S/c13-11-2-1-7-15-12(11)19(17,18)16-8-4-10(3-6-14)5-9-16/h1-2,7,10H,3-6,8-9,14H2. The SMILES string of the molecule is NCCC1CCN(S(=O)(=O)c2ncccc2F)CC1. The number of piperidine rings is 1. The van der Waals surface area contributed by atoms with Crippen LogP contribution in [0.4, 0.5) is 4.39 Å². The van der Waals surface area contributed by atoms with E-state index in [0.717, 1.165) is 25.3 Å². The van der Waals surface area contributed by atoms with E-state index in [1.165, 1.54) is 16.6 Å². The van der Waals surface area contributed by atoms with Gasteiger partial charge in [-0.25, -0.2) is 17.8 Å². The first-order valence-electron chi connectivity index (χ1n) is 6.36. The lowest BCUT2D eigenvalue weighted by molar-refractivity contribution is 0.264. The number of nitrogens with two attached hydrogens (primary N) is 1. The van der Waals surface area contributed by atoms with E-state index >= 15 is 0 Å². The van der Waals surface area contributed by atoms with Crippen molar-refractivity contribution in [1.29, 1.82) is 0 Å². The van der Waals surface area contributed by atoms with Crippen LogP contribution in [0.15, 0.2) is 23.4 Å². The fraction of sp³-hybridized carbons (Fsp3) is 0.583. The number of hydrogen-bond donors (Lipinski definition) is 1. The number of pyridine rings is 1. The number of aromatic nitrogens is 1. The smallest absolute Gasteiger partial charge is 0.263 e. The van der Waals surface area contributed by atoms with Gasteiger partial charge in [0.05, 0.1) is 0 Å². The van der Waals surface area contributed by atoms with E-state index in [2.05, 4.69) is 4.98 Å². The molecule has 0 saturated carbocycles. The molecule has 1 aromatic heterocycles. The molecular formula is C12H18FN3O2S. The molecule has 0 aliphatic carbocycles. The van der Waals surface area contributed by atoms with Crippen LogP contribution in [0.2, 0.25) is 0 Å². The predicted molar refractivity (Wildman–Crippen MR) is 69.3 cm³/mol. The maximum Gasteiger partial charge on any atom is 0.263 e. The second-order valence-corrected chi connectivity index (χ2v) is 6.57. The first-order valence-corrected chi connectivity index (χ1v) is 7.80. The maximum absolute atomic E-state index is 13.6. The minimum atomic E-state index is -3.82. The van der Waals surface area contributed by atoms with Crippen LogP contribution in [0.1, 0.15) is 19.3 Å². The van der Waals surface area contributed by atoms with Crippen molar-refractivity contribution in [3.63, 3.8) is 0 Å². The van der Waals surface area contributed by atoms with Crippen molar-refractivity contribution >= 4 is 10.0 Å². The third-order valence-electron chi connectivity index (χ3n) is 3.46. The molecule has 1 aromatic rings. The molecule has 2 heterocycles. The number of rotatable bonds is 4. The fourth-order valence-corrected chi connectivity index (χ4v) is 3.80. The molecule has 2 rings (SSSR count). The Morgan fingerprint density at radius 3 is 2.68 bits per heavy atom. The topological polar surface area (TPSA) is 76.3 Å². The van der Waals surface area contributed by atoms with Gasteiger partial charge in [-0.05, 0) is 43.9 Å². The van der Waals surface area contributed by atoms with Gasteiger partial charge < -0.3 is 5.73 Å². The first-order chi connectivity index (χ1) is 9.05.